The molecule has 0 heterocycles. The van der Waals surface area contributed by atoms with Gasteiger partial charge in [0.25, 0.3) is 0 Å². The first kappa shape index (κ1) is 16.3. The number of aryl methyl sites for hydroxylation is 1. The predicted molar refractivity (Wildman–Crippen MR) is 97.1 cm³/mol. The first-order valence-electron chi connectivity index (χ1n) is 8.52. The molecule has 1 aromatic rings. The largest absolute Gasteiger partial charge is 0.0654 e. The summed E-state index contributed by atoms with van der Waals surface area (Å²) in [6.07, 6.45) is 14.4. The fourth-order valence-corrected chi connectivity index (χ4v) is 3.87. The second-order valence-electron chi connectivity index (χ2n) is 6.55. The number of benzene rings is 1. The Morgan fingerprint density at radius 2 is 1.50 bits per heavy atom. The summed E-state index contributed by atoms with van der Waals surface area (Å²) in [6.45, 7) is 2.31. The molecule has 1 fully saturated rings. The van der Waals surface area contributed by atoms with Gasteiger partial charge in [-0.05, 0) is 65.0 Å². The average Bonchev–Trinajstić information content (AvgIpc) is 2.48. The van der Waals surface area contributed by atoms with E-state index in [1.807, 2.05) is 0 Å². The van der Waals surface area contributed by atoms with Gasteiger partial charge in [0.05, 0.1) is 0 Å². The normalized spacial score (nSPS) is 22.9. The molecule has 0 nitrogen and oxygen atoms in total. The zero-order valence-electron chi connectivity index (χ0n) is 12.9. The van der Waals surface area contributed by atoms with E-state index in [4.69, 9.17) is 0 Å². The summed E-state index contributed by atoms with van der Waals surface area (Å²) >= 11 is 2.38. The first-order valence-corrected chi connectivity index (χ1v) is 9.60. The Kier molecular flexibility index (Phi) is 7.40. The Hall–Kier alpha value is -0.0500. The minimum Gasteiger partial charge on any atom is -0.0654 e. The molecule has 1 heteroatoms. The van der Waals surface area contributed by atoms with E-state index in [0.717, 1.165) is 11.8 Å². The van der Waals surface area contributed by atoms with E-state index >= 15 is 0 Å². The van der Waals surface area contributed by atoms with Crippen LogP contribution in [0.2, 0.25) is 0 Å². The van der Waals surface area contributed by atoms with Crippen LogP contribution in [0.5, 0.6) is 0 Å². The topological polar surface area (TPSA) is 0 Å². The van der Waals surface area contributed by atoms with Gasteiger partial charge < -0.3 is 0 Å². The fourth-order valence-electron chi connectivity index (χ4n) is 3.51. The van der Waals surface area contributed by atoms with Gasteiger partial charge in [-0.2, -0.15) is 0 Å². The van der Waals surface area contributed by atoms with Gasteiger partial charge >= 0.3 is 0 Å². The highest BCUT2D eigenvalue weighted by molar-refractivity contribution is 14.1. The van der Waals surface area contributed by atoms with Crippen molar-refractivity contribution in [1.29, 1.82) is 0 Å². The van der Waals surface area contributed by atoms with E-state index in [9.17, 15) is 0 Å². The highest BCUT2D eigenvalue weighted by atomic mass is 127. The SMILES string of the molecule is CCCCCC1CCC(CCc2ccc(I)cc2)CC1. The third-order valence-electron chi connectivity index (χ3n) is 4.94. The molecule has 1 aromatic carbocycles. The quantitative estimate of drug-likeness (QED) is 0.367. The summed E-state index contributed by atoms with van der Waals surface area (Å²) in [5.74, 6) is 2.05. The van der Waals surface area contributed by atoms with Crippen molar-refractivity contribution >= 4 is 22.6 Å². The molecular formula is C19H29I. The van der Waals surface area contributed by atoms with Crippen LogP contribution >= 0.6 is 22.6 Å². The second kappa shape index (κ2) is 9.07. The van der Waals surface area contributed by atoms with Crippen molar-refractivity contribution in [2.45, 2.75) is 71.1 Å². The van der Waals surface area contributed by atoms with Gasteiger partial charge in [-0.15, -0.1) is 0 Å². The van der Waals surface area contributed by atoms with E-state index in [1.54, 1.807) is 0 Å². The summed E-state index contributed by atoms with van der Waals surface area (Å²) < 4.78 is 1.35. The Labute approximate surface area is 138 Å². The van der Waals surface area contributed by atoms with E-state index in [1.165, 1.54) is 73.3 Å². The molecule has 0 N–H and O–H groups in total. The molecule has 0 saturated heterocycles. The molecule has 0 amide bonds. The summed E-state index contributed by atoms with van der Waals surface area (Å²) in [5, 5.41) is 0. The molecule has 2 rings (SSSR count). The monoisotopic (exact) mass is 384 g/mol. The lowest BCUT2D eigenvalue weighted by molar-refractivity contribution is 0.249. The summed E-state index contributed by atoms with van der Waals surface area (Å²) in [4.78, 5) is 0. The van der Waals surface area contributed by atoms with E-state index < -0.39 is 0 Å². The Balaban J connectivity index is 1.63. The number of hydrogen-bond donors (Lipinski definition) is 0. The summed E-state index contributed by atoms with van der Waals surface area (Å²) in [7, 11) is 0. The van der Waals surface area contributed by atoms with Gasteiger partial charge in [0.15, 0.2) is 0 Å². The Morgan fingerprint density at radius 3 is 2.10 bits per heavy atom. The smallest absolute Gasteiger partial charge is 0.0130 e. The molecule has 0 bridgehead atoms. The lowest BCUT2D eigenvalue weighted by Gasteiger charge is -2.28. The Morgan fingerprint density at radius 1 is 0.900 bits per heavy atom. The third-order valence-corrected chi connectivity index (χ3v) is 5.66. The molecule has 1 aliphatic rings. The highest BCUT2D eigenvalue weighted by Crippen LogP contribution is 2.34. The lowest BCUT2D eigenvalue weighted by Crippen LogP contribution is -2.15. The number of unbranched alkanes of at least 4 members (excludes halogenated alkanes) is 2. The van der Waals surface area contributed by atoms with Gasteiger partial charge in [0.2, 0.25) is 0 Å². The molecular weight excluding hydrogens is 355 g/mol. The first-order chi connectivity index (χ1) is 9.78. The number of rotatable bonds is 7. The van der Waals surface area contributed by atoms with Crippen LogP contribution in [0.4, 0.5) is 0 Å². The van der Waals surface area contributed by atoms with Crippen molar-refractivity contribution in [2.75, 3.05) is 0 Å². The maximum Gasteiger partial charge on any atom is 0.0130 e. The van der Waals surface area contributed by atoms with E-state index in [2.05, 4.69) is 53.8 Å². The maximum absolute atomic E-state index is 2.38. The highest BCUT2D eigenvalue weighted by Gasteiger charge is 2.20. The van der Waals surface area contributed by atoms with E-state index in [-0.39, 0.29) is 0 Å². The molecule has 1 saturated carbocycles. The molecule has 0 aliphatic heterocycles. The van der Waals surface area contributed by atoms with Crippen molar-refractivity contribution in [3.05, 3.63) is 33.4 Å². The second-order valence-corrected chi connectivity index (χ2v) is 7.79. The molecule has 0 atom stereocenters. The van der Waals surface area contributed by atoms with Crippen LogP contribution in [0.3, 0.4) is 0 Å². The molecule has 0 unspecified atom stereocenters. The third kappa shape index (κ3) is 5.75. The summed E-state index contributed by atoms with van der Waals surface area (Å²) in [5.41, 5.74) is 1.52. The van der Waals surface area contributed by atoms with Crippen molar-refractivity contribution in [3.8, 4) is 0 Å². The van der Waals surface area contributed by atoms with Crippen LogP contribution in [0.25, 0.3) is 0 Å². The average molecular weight is 384 g/mol. The number of hydrogen-bond acceptors (Lipinski definition) is 0. The minimum absolute atomic E-state index is 0.997. The van der Waals surface area contributed by atoms with Gasteiger partial charge in [-0.25, -0.2) is 0 Å². The van der Waals surface area contributed by atoms with Crippen molar-refractivity contribution in [1.82, 2.24) is 0 Å². The van der Waals surface area contributed by atoms with Crippen LogP contribution < -0.4 is 0 Å². The van der Waals surface area contributed by atoms with Crippen LogP contribution in [0.1, 0.15) is 70.3 Å². The molecule has 112 valence electrons. The van der Waals surface area contributed by atoms with Gasteiger partial charge in [0.1, 0.15) is 0 Å². The van der Waals surface area contributed by atoms with Crippen LogP contribution in [0, 0.1) is 15.4 Å². The molecule has 0 aromatic heterocycles. The Bertz CT molecular complexity index is 360. The van der Waals surface area contributed by atoms with Gasteiger partial charge in [-0.3, -0.25) is 0 Å². The number of halogens is 1. The zero-order chi connectivity index (χ0) is 14.2. The molecule has 0 radical (unpaired) electrons. The standard InChI is InChI=1S/C19H29I/c1-2-3-4-5-16-6-8-17(9-7-16)10-11-18-12-14-19(20)15-13-18/h12-17H,2-11H2,1H3. The molecule has 20 heavy (non-hydrogen) atoms. The van der Waals surface area contributed by atoms with Gasteiger partial charge in [0, 0.05) is 3.57 Å². The minimum atomic E-state index is 0.997. The molecule has 1 aliphatic carbocycles. The summed E-state index contributed by atoms with van der Waals surface area (Å²) in [6, 6.07) is 9.08. The zero-order valence-corrected chi connectivity index (χ0v) is 15.1. The van der Waals surface area contributed by atoms with Crippen LogP contribution in [-0.2, 0) is 6.42 Å². The van der Waals surface area contributed by atoms with Crippen molar-refractivity contribution in [3.63, 3.8) is 0 Å². The maximum atomic E-state index is 2.38. The van der Waals surface area contributed by atoms with Crippen molar-refractivity contribution in [2.24, 2.45) is 11.8 Å². The van der Waals surface area contributed by atoms with Crippen molar-refractivity contribution < 1.29 is 0 Å². The molecule has 0 spiro atoms. The van der Waals surface area contributed by atoms with Crippen LogP contribution in [-0.4, -0.2) is 0 Å². The van der Waals surface area contributed by atoms with Crippen LogP contribution in [0.15, 0.2) is 24.3 Å². The lowest BCUT2D eigenvalue weighted by atomic mass is 9.78. The van der Waals surface area contributed by atoms with E-state index in [0.29, 0.717) is 0 Å². The fraction of sp³-hybridized carbons (Fsp3) is 0.684. The van der Waals surface area contributed by atoms with Gasteiger partial charge in [-0.1, -0.05) is 70.4 Å². The predicted octanol–water partition coefficient (Wildman–Crippen LogP) is 6.61.